The fourth-order valence-electron chi connectivity index (χ4n) is 7.17. The van der Waals surface area contributed by atoms with E-state index in [2.05, 4.69) is 30.5 Å². The van der Waals surface area contributed by atoms with Gasteiger partial charge in [-0.15, -0.1) is 10.2 Å². The summed E-state index contributed by atoms with van der Waals surface area (Å²) < 4.78 is 2.06. The Balaban J connectivity index is 1.11. The number of aromatic amines is 1. The van der Waals surface area contributed by atoms with Gasteiger partial charge in [0.15, 0.2) is 5.82 Å². The second kappa shape index (κ2) is 15.6. The maximum atomic E-state index is 14.3. The summed E-state index contributed by atoms with van der Waals surface area (Å²) in [5.41, 5.74) is 3.24. The van der Waals surface area contributed by atoms with Crippen LogP contribution in [0.3, 0.4) is 0 Å². The van der Waals surface area contributed by atoms with Crippen LogP contribution < -0.4 is 5.32 Å². The van der Waals surface area contributed by atoms with Crippen LogP contribution in [0.15, 0.2) is 103 Å². The van der Waals surface area contributed by atoms with Crippen LogP contribution in [0, 0.1) is 0 Å². The Bertz CT molecular complexity index is 2170. The van der Waals surface area contributed by atoms with E-state index in [0.717, 1.165) is 45.6 Å². The molecule has 1 aliphatic heterocycles. The Labute approximate surface area is 301 Å². The molecule has 3 atom stereocenters. The van der Waals surface area contributed by atoms with Crippen LogP contribution in [0.2, 0.25) is 0 Å². The van der Waals surface area contributed by atoms with Gasteiger partial charge in [-0.2, -0.15) is 5.21 Å². The fraction of sp³-hybridized carbons (Fsp3) is 0.300. The number of likely N-dealkylation sites (tertiary alicyclic amines) is 1. The van der Waals surface area contributed by atoms with Crippen molar-refractivity contribution < 1.29 is 19.5 Å². The third-order valence-electron chi connectivity index (χ3n) is 9.81. The highest BCUT2D eigenvalue weighted by Crippen LogP contribution is 2.28. The third kappa shape index (κ3) is 7.71. The zero-order chi connectivity index (χ0) is 36.0. The van der Waals surface area contributed by atoms with Gasteiger partial charge >= 0.3 is 0 Å². The average Bonchev–Trinajstić information content (AvgIpc) is 3.92. The number of β-amino-alcohol motifs (C(OH)–C–C–N with tert-alkyl or cyclic N) is 1. The third-order valence-corrected chi connectivity index (χ3v) is 9.81. The maximum Gasteiger partial charge on any atom is 0.256 e. The molecule has 12 heteroatoms. The van der Waals surface area contributed by atoms with Gasteiger partial charge in [0, 0.05) is 63.0 Å². The van der Waals surface area contributed by atoms with Crippen LogP contribution in [-0.2, 0) is 35.5 Å². The van der Waals surface area contributed by atoms with Gasteiger partial charge in [-0.3, -0.25) is 14.4 Å². The van der Waals surface area contributed by atoms with Gasteiger partial charge in [0.05, 0.1) is 11.7 Å². The van der Waals surface area contributed by atoms with E-state index < -0.39 is 24.1 Å². The Kier molecular flexibility index (Phi) is 10.3. The lowest BCUT2D eigenvalue weighted by Gasteiger charge is -2.28. The highest BCUT2D eigenvalue weighted by molar-refractivity contribution is 6.08. The summed E-state index contributed by atoms with van der Waals surface area (Å²) in [6, 6.07) is 29.6. The number of fused-ring (bicyclic) bond motifs is 2. The van der Waals surface area contributed by atoms with Crippen LogP contribution in [0.25, 0.3) is 21.7 Å². The van der Waals surface area contributed by atoms with Crippen molar-refractivity contribution in [3.63, 3.8) is 0 Å². The fourth-order valence-corrected chi connectivity index (χ4v) is 7.17. The van der Waals surface area contributed by atoms with Crippen LogP contribution in [0.4, 0.5) is 0 Å². The lowest BCUT2D eigenvalue weighted by atomic mass is 10.00. The predicted octanol–water partition coefficient (Wildman–Crippen LogP) is 4.29. The van der Waals surface area contributed by atoms with Crippen molar-refractivity contribution in [2.45, 2.75) is 63.4 Å². The number of amides is 3. The molecule has 0 spiro atoms. The smallest absolute Gasteiger partial charge is 0.256 e. The minimum Gasteiger partial charge on any atom is -0.391 e. The van der Waals surface area contributed by atoms with Gasteiger partial charge in [0.2, 0.25) is 11.8 Å². The van der Waals surface area contributed by atoms with Crippen LogP contribution in [0.1, 0.15) is 46.6 Å². The minimum atomic E-state index is -0.953. The van der Waals surface area contributed by atoms with Crippen molar-refractivity contribution in [3.8, 4) is 0 Å². The lowest BCUT2D eigenvalue weighted by Crippen LogP contribution is -2.54. The molecule has 6 aromatic rings. The first kappa shape index (κ1) is 34.6. The molecule has 3 amide bonds. The highest BCUT2D eigenvalue weighted by atomic mass is 16.3. The summed E-state index contributed by atoms with van der Waals surface area (Å²) >= 11 is 0. The Morgan fingerprint density at radius 1 is 0.942 bits per heavy atom. The summed E-state index contributed by atoms with van der Waals surface area (Å²) in [5.74, 6) is -0.391. The lowest BCUT2D eigenvalue weighted by molar-refractivity contribution is -0.136. The molecule has 0 aliphatic carbocycles. The molecule has 0 radical (unpaired) electrons. The molecule has 52 heavy (non-hydrogen) atoms. The van der Waals surface area contributed by atoms with E-state index in [0.29, 0.717) is 30.9 Å². The highest BCUT2D eigenvalue weighted by Gasteiger charge is 2.41. The van der Waals surface area contributed by atoms with Gasteiger partial charge in [0.1, 0.15) is 12.1 Å². The molecule has 1 saturated heterocycles. The number of benzene rings is 4. The van der Waals surface area contributed by atoms with Crippen molar-refractivity contribution in [1.29, 1.82) is 0 Å². The summed E-state index contributed by atoms with van der Waals surface area (Å²) in [6.45, 7) is 1.06. The molecule has 2 aromatic heterocycles. The number of carbonyl (C=O) groups is 3. The van der Waals surface area contributed by atoms with E-state index in [1.165, 1.54) is 4.90 Å². The van der Waals surface area contributed by atoms with Gasteiger partial charge in [-0.1, -0.05) is 96.2 Å². The molecule has 0 saturated carbocycles. The first-order valence-corrected chi connectivity index (χ1v) is 17.7. The number of para-hydroxylation sites is 1. The van der Waals surface area contributed by atoms with Gasteiger partial charge in [-0.25, -0.2) is 0 Å². The van der Waals surface area contributed by atoms with E-state index in [4.69, 9.17) is 0 Å². The van der Waals surface area contributed by atoms with E-state index >= 15 is 0 Å². The summed E-state index contributed by atoms with van der Waals surface area (Å²) in [6.07, 6.45) is 3.66. The zero-order valence-corrected chi connectivity index (χ0v) is 29.1. The van der Waals surface area contributed by atoms with E-state index in [-0.39, 0.29) is 31.2 Å². The number of aliphatic hydroxyl groups excluding tert-OH is 1. The molecule has 12 nitrogen and oxygen atoms in total. The number of unbranched alkanes of at least 4 members (excludes halogenated alkanes) is 1. The topological polar surface area (TPSA) is 149 Å². The summed E-state index contributed by atoms with van der Waals surface area (Å²) in [7, 11) is 1.73. The van der Waals surface area contributed by atoms with Gasteiger partial charge in [-0.05, 0) is 40.8 Å². The SMILES string of the molecule is CN(Cc1ccccc1)C(=O)[C@@H](Cc1ccc2ccccc2c1)NC(=O)[C@H]1C[C@H](O)CN1C(=O)c1cn(CCCCc2nn[nH]n2)c2ccccc12. The van der Waals surface area contributed by atoms with E-state index in [9.17, 15) is 19.5 Å². The number of hydrogen-bond donors (Lipinski definition) is 3. The Morgan fingerprint density at radius 2 is 1.71 bits per heavy atom. The number of aromatic nitrogens is 5. The van der Waals surface area contributed by atoms with Crippen LogP contribution in [0.5, 0.6) is 0 Å². The number of carbonyl (C=O) groups excluding carboxylic acids is 3. The Hall–Kier alpha value is -5.88. The number of tetrazole rings is 1. The summed E-state index contributed by atoms with van der Waals surface area (Å²) in [5, 5.41) is 30.8. The molecular weight excluding hydrogens is 656 g/mol. The van der Waals surface area contributed by atoms with Crippen molar-refractivity contribution in [1.82, 2.24) is 40.3 Å². The number of nitrogens with one attached hydrogen (secondary N) is 2. The molecule has 3 heterocycles. The second-order valence-electron chi connectivity index (χ2n) is 13.5. The number of nitrogens with zero attached hydrogens (tertiary/aromatic N) is 6. The molecule has 0 bridgehead atoms. The van der Waals surface area contributed by atoms with Gasteiger partial charge in [0.25, 0.3) is 5.91 Å². The number of likely N-dealkylation sites (N-methyl/N-ethyl adjacent to an activating group) is 1. The maximum absolute atomic E-state index is 14.3. The molecule has 7 rings (SSSR count). The predicted molar refractivity (Wildman–Crippen MR) is 197 cm³/mol. The molecule has 3 N–H and O–H groups in total. The zero-order valence-electron chi connectivity index (χ0n) is 29.1. The normalized spacial score (nSPS) is 16.3. The number of hydrogen-bond acceptors (Lipinski definition) is 7. The number of H-pyrrole nitrogens is 1. The Morgan fingerprint density at radius 3 is 2.52 bits per heavy atom. The molecule has 266 valence electrons. The van der Waals surface area contributed by atoms with E-state index in [1.54, 1.807) is 11.9 Å². The minimum absolute atomic E-state index is 0.0122. The molecule has 1 aliphatic rings. The number of rotatable bonds is 13. The monoisotopic (exact) mass is 698 g/mol. The first-order chi connectivity index (χ1) is 25.3. The van der Waals surface area contributed by atoms with E-state index in [1.807, 2.05) is 103 Å². The van der Waals surface area contributed by atoms with Crippen molar-refractivity contribution >= 4 is 39.4 Å². The first-order valence-electron chi connectivity index (χ1n) is 17.7. The number of aryl methyl sites for hydroxylation is 2. The molecule has 0 unspecified atom stereocenters. The van der Waals surface area contributed by atoms with Crippen LogP contribution in [-0.4, -0.2) is 89.6 Å². The van der Waals surface area contributed by atoms with Crippen molar-refractivity contribution in [2.75, 3.05) is 13.6 Å². The van der Waals surface area contributed by atoms with Crippen LogP contribution >= 0.6 is 0 Å². The quantitative estimate of drug-likeness (QED) is 0.152. The van der Waals surface area contributed by atoms with Crippen molar-refractivity contribution in [2.24, 2.45) is 0 Å². The second-order valence-corrected chi connectivity index (χ2v) is 13.5. The van der Waals surface area contributed by atoms with Crippen molar-refractivity contribution in [3.05, 3.63) is 126 Å². The number of aliphatic hydroxyl groups is 1. The molecule has 1 fully saturated rings. The molecule has 4 aromatic carbocycles. The average molecular weight is 699 g/mol. The molecular formula is C40H42N8O4. The summed E-state index contributed by atoms with van der Waals surface area (Å²) in [4.78, 5) is 45.6. The largest absolute Gasteiger partial charge is 0.391 e. The standard InChI is InChI=1S/C40H42N8O4/c1-46(24-27-11-3-2-4-12-27)40(52)34(22-28-18-19-29-13-5-6-14-30(29)21-28)41-38(50)36-23-31(49)25-48(36)39(51)33-26-47(35-16-8-7-15-32(33)35)20-10-9-17-37-42-44-45-43-37/h2-8,11-16,18-19,21,26,31,34,36,49H,9-10,17,20,22-25H2,1H3,(H,41,50)(H,42,43,44,45)/t31-,34+,36+/m0/s1. The van der Waals surface area contributed by atoms with Gasteiger partial charge < -0.3 is 24.8 Å².